The Kier molecular flexibility index (Phi) is 17.4. The molecule has 16 nitrogen and oxygen atoms in total. The maximum absolute atomic E-state index is 13.6. The second-order valence-electron chi connectivity index (χ2n) is 15.9. The summed E-state index contributed by atoms with van der Waals surface area (Å²) in [6.45, 7) is 11.9. The van der Waals surface area contributed by atoms with Crippen LogP contribution in [0.2, 0.25) is 0 Å². The van der Waals surface area contributed by atoms with Crippen molar-refractivity contribution in [3.63, 3.8) is 0 Å². The quantitative estimate of drug-likeness (QED) is 0.0554. The van der Waals surface area contributed by atoms with Gasteiger partial charge < -0.3 is 19.7 Å². The van der Waals surface area contributed by atoms with Gasteiger partial charge >= 0.3 is 11.9 Å². The van der Waals surface area contributed by atoms with Gasteiger partial charge in [0.25, 0.3) is 11.1 Å². The molecule has 0 aliphatic heterocycles. The SMILES string of the molecule is CCCCC(CC)COC(=O)c1ccc(/N=N/c2c(C)c(C#N)c(=O)n(-c3ccc(-n4c(O)c(/N=N/c5ccc(C(=O)OCC(CC)CCCC)cc5)c(C)c(C#N)c4=O)cc3)c2O)cc1. The highest BCUT2D eigenvalue weighted by Crippen LogP contribution is 2.36. The Morgan fingerprint density at radius 1 is 0.591 bits per heavy atom. The van der Waals surface area contributed by atoms with Gasteiger partial charge in [0.1, 0.15) is 23.3 Å². The van der Waals surface area contributed by atoms with Crippen molar-refractivity contribution in [1.29, 1.82) is 10.5 Å². The minimum absolute atomic E-state index is 0.0612. The van der Waals surface area contributed by atoms with E-state index in [0.717, 1.165) is 60.5 Å². The minimum Gasteiger partial charge on any atom is -0.493 e. The molecule has 16 heteroatoms. The highest BCUT2D eigenvalue weighted by Gasteiger charge is 2.23. The molecule has 0 radical (unpaired) electrons. The lowest BCUT2D eigenvalue weighted by Crippen LogP contribution is -2.23. The minimum atomic E-state index is -0.857. The Morgan fingerprint density at radius 3 is 1.24 bits per heavy atom. The number of unbranched alkanes of at least 4 members (excludes halogenated alkanes) is 2. The summed E-state index contributed by atoms with van der Waals surface area (Å²) in [6, 6.07) is 21.5. The summed E-state index contributed by atoms with van der Waals surface area (Å²) in [6.07, 6.45) is 8.04. The van der Waals surface area contributed by atoms with E-state index < -0.39 is 34.8 Å². The fraction of sp³-hybridized carbons (Fsp3) is 0.360. The summed E-state index contributed by atoms with van der Waals surface area (Å²) < 4.78 is 12.8. The van der Waals surface area contributed by atoms with E-state index in [9.17, 15) is 39.9 Å². The number of aromatic nitrogens is 2. The molecule has 0 aliphatic rings. The Hall–Kier alpha value is -7.72. The van der Waals surface area contributed by atoms with Gasteiger partial charge in [-0.15, -0.1) is 10.2 Å². The first-order valence-electron chi connectivity index (χ1n) is 22.1. The van der Waals surface area contributed by atoms with Gasteiger partial charge in [-0.1, -0.05) is 66.2 Å². The van der Waals surface area contributed by atoms with E-state index in [1.54, 1.807) is 48.5 Å². The third-order valence-electron chi connectivity index (χ3n) is 11.5. The Balaban J connectivity index is 1.40. The second kappa shape index (κ2) is 23.3. The number of hydrogen-bond donors (Lipinski definition) is 2. The van der Waals surface area contributed by atoms with Crippen LogP contribution < -0.4 is 11.1 Å². The lowest BCUT2D eigenvalue weighted by Gasteiger charge is -2.16. The molecular weight excluding hydrogens is 841 g/mol. The van der Waals surface area contributed by atoms with E-state index in [1.165, 1.54) is 38.1 Å². The van der Waals surface area contributed by atoms with Gasteiger partial charge in [0.05, 0.1) is 47.1 Å². The molecule has 0 bridgehead atoms. The van der Waals surface area contributed by atoms with Crippen LogP contribution in [0.3, 0.4) is 0 Å². The van der Waals surface area contributed by atoms with Crippen molar-refractivity contribution in [3.8, 4) is 35.3 Å². The number of carbonyl (C=O) groups excluding carboxylic acids is 2. The lowest BCUT2D eigenvalue weighted by atomic mass is 10.0. The van der Waals surface area contributed by atoms with Gasteiger partial charge in [-0.2, -0.15) is 20.8 Å². The summed E-state index contributed by atoms with van der Waals surface area (Å²) in [4.78, 5) is 52.6. The average Bonchev–Trinajstić information content (AvgIpc) is 3.32. The first kappa shape index (κ1) is 49.3. The number of esters is 2. The van der Waals surface area contributed by atoms with Gasteiger partial charge in [-0.3, -0.25) is 9.59 Å². The van der Waals surface area contributed by atoms with Crippen molar-refractivity contribution < 1.29 is 29.3 Å². The van der Waals surface area contributed by atoms with Crippen LogP contribution in [-0.4, -0.2) is 44.5 Å². The standard InChI is InChI=1S/C50H54N8O8/c1-7-11-13-33(9-3)29-65-49(63)35-15-19-37(20-16-35)53-55-43-31(5)41(27-51)45(59)57(47(43)61)39-23-25-40(26-24-39)58-46(60)42(28-52)32(6)44(48(58)62)56-54-38-21-17-36(18-22-38)50(64)66-30-34(10-4)14-12-8-2/h15-26,33-34,61-62H,7-14,29-30H2,1-6H3/b55-53+,56-54+. The molecule has 5 rings (SSSR count). The van der Waals surface area contributed by atoms with Gasteiger partial charge in [-0.25, -0.2) is 18.7 Å². The normalized spacial score (nSPS) is 12.2. The number of rotatable bonds is 20. The molecule has 0 saturated carbocycles. The van der Waals surface area contributed by atoms with Crippen molar-refractivity contribution in [1.82, 2.24) is 9.13 Å². The number of azo groups is 2. The number of benzene rings is 3. The number of pyridine rings is 2. The second-order valence-corrected chi connectivity index (χ2v) is 15.9. The van der Waals surface area contributed by atoms with Crippen molar-refractivity contribution >= 4 is 34.7 Å². The summed E-state index contributed by atoms with van der Waals surface area (Å²) in [5, 5.41) is 59.6. The molecule has 2 aromatic heterocycles. The summed E-state index contributed by atoms with van der Waals surface area (Å²) in [7, 11) is 0. The Bertz CT molecular complexity index is 2610. The van der Waals surface area contributed by atoms with Gasteiger partial charge in [-0.05, 0) is 111 Å². The predicted octanol–water partition coefficient (Wildman–Crippen LogP) is 11.3. The van der Waals surface area contributed by atoms with Gasteiger partial charge in [0.15, 0.2) is 11.4 Å². The molecule has 2 unspecified atom stereocenters. The smallest absolute Gasteiger partial charge is 0.338 e. The molecule has 5 aromatic rings. The molecule has 2 heterocycles. The van der Waals surface area contributed by atoms with Crippen molar-refractivity contribution in [3.05, 3.63) is 127 Å². The molecule has 0 aliphatic carbocycles. The number of aromatic hydroxyl groups is 2. The molecule has 2 N–H and O–H groups in total. The maximum atomic E-state index is 13.6. The van der Waals surface area contributed by atoms with Crippen molar-refractivity contribution in [2.75, 3.05) is 13.2 Å². The number of hydrogen-bond acceptors (Lipinski definition) is 14. The van der Waals surface area contributed by atoms with E-state index in [-0.39, 0.29) is 56.8 Å². The molecule has 0 fully saturated rings. The third kappa shape index (κ3) is 11.5. The van der Waals surface area contributed by atoms with E-state index >= 15 is 0 Å². The molecule has 342 valence electrons. The van der Waals surface area contributed by atoms with Crippen LogP contribution in [0.25, 0.3) is 11.4 Å². The topological polar surface area (TPSA) is 234 Å². The fourth-order valence-corrected chi connectivity index (χ4v) is 7.15. The zero-order valence-corrected chi connectivity index (χ0v) is 38.1. The average molecular weight is 895 g/mol. The lowest BCUT2D eigenvalue weighted by molar-refractivity contribution is 0.0419. The van der Waals surface area contributed by atoms with Gasteiger partial charge in [0, 0.05) is 11.1 Å². The Labute approximate surface area is 383 Å². The molecular formula is C50H54N8O8. The summed E-state index contributed by atoms with van der Waals surface area (Å²) >= 11 is 0. The molecule has 3 aromatic carbocycles. The van der Waals surface area contributed by atoms with Crippen LogP contribution in [0.15, 0.2) is 103 Å². The van der Waals surface area contributed by atoms with Crippen LogP contribution >= 0.6 is 0 Å². The summed E-state index contributed by atoms with van der Waals surface area (Å²) in [5.41, 5.74) is -1.14. The molecule has 66 heavy (non-hydrogen) atoms. The predicted molar refractivity (Wildman–Crippen MR) is 248 cm³/mol. The number of nitrogens with zero attached hydrogens (tertiary/aromatic N) is 8. The largest absolute Gasteiger partial charge is 0.493 e. The molecule has 2 atom stereocenters. The van der Waals surface area contributed by atoms with Crippen LogP contribution in [0.4, 0.5) is 22.7 Å². The zero-order valence-electron chi connectivity index (χ0n) is 38.1. The maximum Gasteiger partial charge on any atom is 0.338 e. The Morgan fingerprint density at radius 2 is 0.939 bits per heavy atom. The van der Waals surface area contributed by atoms with E-state index in [0.29, 0.717) is 35.7 Å². The van der Waals surface area contributed by atoms with Gasteiger partial charge in [0.2, 0.25) is 11.8 Å². The van der Waals surface area contributed by atoms with Crippen LogP contribution in [-0.2, 0) is 9.47 Å². The van der Waals surface area contributed by atoms with Crippen LogP contribution in [0.5, 0.6) is 11.8 Å². The fourth-order valence-electron chi connectivity index (χ4n) is 7.15. The monoisotopic (exact) mass is 894 g/mol. The zero-order chi connectivity index (χ0) is 47.9. The first-order valence-corrected chi connectivity index (χ1v) is 22.1. The highest BCUT2D eigenvalue weighted by atomic mass is 16.5. The van der Waals surface area contributed by atoms with E-state index in [4.69, 9.17) is 9.47 Å². The highest BCUT2D eigenvalue weighted by molar-refractivity contribution is 5.90. The first-order chi connectivity index (χ1) is 31.8. The third-order valence-corrected chi connectivity index (χ3v) is 11.5. The van der Waals surface area contributed by atoms with Crippen LogP contribution in [0, 0.1) is 48.3 Å². The molecule has 0 saturated heterocycles. The van der Waals surface area contributed by atoms with E-state index in [2.05, 4.69) is 48.2 Å². The van der Waals surface area contributed by atoms with Crippen molar-refractivity contribution in [2.24, 2.45) is 32.3 Å². The van der Waals surface area contributed by atoms with Crippen molar-refractivity contribution in [2.45, 2.75) is 92.9 Å². The van der Waals surface area contributed by atoms with E-state index in [1.807, 2.05) is 12.1 Å². The molecule has 0 spiro atoms. The molecule has 0 amide bonds. The summed E-state index contributed by atoms with van der Waals surface area (Å²) in [5.74, 6) is -1.62. The van der Waals surface area contributed by atoms with Crippen LogP contribution in [0.1, 0.15) is 122 Å². The number of ether oxygens (including phenoxy) is 2. The number of carbonyl (C=O) groups is 2. The number of nitriles is 2.